The molecular formula is C12H15NO8. The molecule has 1 aromatic rings. The van der Waals surface area contributed by atoms with Crippen LogP contribution >= 0.6 is 0 Å². The predicted octanol–water partition coefficient (Wildman–Crippen LogP) is -1.23. The van der Waals surface area contributed by atoms with Crippen molar-refractivity contribution in [2.75, 3.05) is 6.61 Å². The SMILES string of the molecule is O=[N+]([O-])c1cccc(O[C@H]2O[C@@H](CO)[C@@H](O)[C@@H](O)[C@H]2O)c1. The Bertz CT molecular complexity index is 508. The quantitative estimate of drug-likeness (QED) is 0.400. The molecule has 4 N–H and O–H groups in total. The summed E-state index contributed by atoms with van der Waals surface area (Å²) in [5.74, 6) is 0.0496. The van der Waals surface area contributed by atoms with Gasteiger partial charge in [0.2, 0.25) is 6.29 Å². The zero-order valence-electron chi connectivity index (χ0n) is 10.8. The number of ether oxygens (including phenoxy) is 2. The van der Waals surface area contributed by atoms with Crippen LogP contribution in [0.3, 0.4) is 0 Å². The van der Waals surface area contributed by atoms with E-state index in [9.17, 15) is 25.4 Å². The third-order valence-electron chi connectivity index (χ3n) is 3.13. The Morgan fingerprint density at radius 3 is 2.57 bits per heavy atom. The highest BCUT2D eigenvalue weighted by molar-refractivity contribution is 5.38. The van der Waals surface area contributed by atoms with Crippen LogP contribution in [-0.2, 0) is 4.74 Å². The van der Waals surface area contributed by atoms with Gasteiger partial charge in [0.25, 0.3) is 5.69 Å². The van der Waals surface area contributed by atoms with Crippen molar-refractivity contribution in [1.82, 2.24) is 0 Å². The maximum absolute atomic E-state index is 10.7. The minimum Gasteiger partial charge on any atom is -0.462 e. The maximum Gasteiger partial charge on any atom is 0.273 e. The molecule has 0 radical (unpaired) electrons. The van der Waals surface area contributed by atoms with E-state index >= 15 is 0 Å². The summed E-state index contributed by atoms with van der Waals surface area (Å²) >= 11 is 0. The van der Waals surface area contributed by atoms with Crippen LogP contribution in [0.4, 0.5) is 5.69 Å². The molecule has 1 heterocycles. The smallest absolute Gasteiger partial charge is 0.273 e. The molecule has 1 aliphatic heterocycles. The van der Waals surface area contributed by atoms with Gasteiger partial charge in [-0.1, -0.05) is 6.07 Å². The van der Waals surface area contributed by atoms with E-state index in [-0.39, 0.29) is 11.4 Å². The van der Waals surface area contributed by atoms with Gasteiger partial charge in [-0.2, -0.15) is 0 Å². The Morgan fingerprint density at radius 1 is 1.24 bits per heavy atom. The number of nitro benzene ring substituents is 1. The predicted molar refractivity (Wildman–Crippen MR) is 67.5 cm³/mol. The fraction of sp³-hybridized carbons (Fsp3) is 0.500. The number of hydrogen-bond donors (Lipinski definition) is 4. The molecule has 1 fully saturated rings. The largest absolute Gasteiger partial charge is 0.462 e. The fourth-order valence-electron chi connectivity index (χ4n) is 1.97. The van der Waals surface area contributed by atoms with Gasteiger partial charge in [0, 0.05) is 6.07 Å². The lowest BCUT2D eigenvalue weighted by atomic mass is 9.99. The Hall–Kier alpha value is -1.78. The molecule has 0 saturated carbocycles. The van der Waals surface area contributed by atoms with Gasteiger partial charge >= 0.3 is 0 Å². The third kappa shape index (κ3) is 3.28. The molecule has 2 rings (SSSR count). The van der Waals surface area contributed by atoms with Gasteiger partial charge < -0.3 is 29.9 Å². The summed E-state index contributed by atoms with van der Waals surface area (Å²) in [7, 11) is 0. The lowest BCUT2D eigenvalue weighted by molar-refractivity contribution is -0.385. The average Bonchev–Trinajstić information content (AvgIpc) is 2.48. The molecule has 1 aromatic carbocycles. The molecule has 0 spiro atoms. The first-order chi connectivity index (χ1) is 9.93. The van der Waals surface area contributed by atoms with Crippen molar-refractivity contribution >= 4 is 5.69 Å². The molecule has 1 saturated heterocycles. The van der Waals surface area contributed by atoms with Crippen LogP contribution in [0, 0.1) is 10.1 Å². The van der Waals surface area contributed by atoms with Gasteiger partial charge in [0.05, 0.1) is 17.6 Å². The summed E-state index contributed by atoms with van der Waals surface area (Å²) in [6, 6.07) is 5.19. The van der Waals surface area contributed by atoms with Crippen LogP contribution in [0.1, 0.15) is 0 Å². The van der Waals surface area contributed by atoms with Gasteiger partial charge in [-0.05, 0) is 6.07 Å². The van der Waals surface area contributed by atoms with E-state index in [2.05, 4.69) is 0 Å². The maximum atomic E-state index is 10.7. The normalized spacial score (nSPS) is 32.7. The highest BCUT2D eigenvalue weighted by atomic mass is 16.7. The molecular weight excluding hydrogens is 286 g/mol. The van der Waals surface area contributed by atoms with Crippen LogP contribution in [-0.4, -0.2) is 62.7 Å². The molecule has 1 aliphatic rings. The topological polar surface area (TPSA) is 143 Å². The first-order valence-electron chi connectivity index (χ1n) is 6.15. The van der Waals surface area contributed by atoms with E-state index in [0.717, 1.165) is 6.07 Å². The Morgan fingerprint density at radius 2 is 1.95 bits per heavy atom. The van der Waals surface area contributed by atoms with Crippen LogP contribution in [0.5, 0.6) is 5.75 Å². The summed E-state index contributed by atoms with van der Waals surface area (Å²) in [5, 5.41) is 48.7. The Kier molecular flexibility index (Phi) is 4.70. The van der Waals surface area contributed by atoms with Crippen LogP contribution < -0.4 is 4.74 Å². The number of hydrogen-bond acceptors (Lipinski definition) is 8. The van der Waals surface area contributed by atoms with Gasteiger partial charge in [0.15, 0.2) is 0 Å². The molecule has 0 unspecified atom stereocenters. The van der Waals surface area contributed by atoms with Gasteiger partial charge in [-0.3, -0.25) is 10.1 Å². The van der Waals surface area contributed by atoms with Crippen molar-refractivity contribution in [2.24, 2.45) is 0 Å². The number of benzene rings is 1. The monoisotopic (exact) mass is 301 g/mol. The number of nitro groups is 1. The standard InChI is InChI=1S/C12H15NO8/c14-5-8-9(15)10(16)11(17)12(21-8)20-7-3-1-2-6(4-7)13(18)19/h1-4,8-12,14-17H,5H2/t8-,9+,10+,11+,12-/m0/s1. The lowest BCUT2D eigenvalue weighted by Gasteiger charge is -2.39. The molecule has 9 nitrogen and oxygen atoms in total. The van der Waals surface area contributed by atoms with E-state index in [4.69, 9.17) is 14.6 Å². The Balaban J connectivity index is 2.14. The molecule has 0 aliphatic carbocycles. The van der Waals surface area contributed by atoms with Gasteiger partial charge in [0.1, 0.15) is 30.2 Å². The zero-order chi connectivity index (χ0) is 15.6. The van der Waals surface area contributed by atoms with Crippen molar-refractivity contribution in [2.45, 2.75) is 30.7 Å². The van der Waals surface area contributed by atoms with Crippen molar-refractivity contribution in [1.29, 1.82) is 0 Å². The molecule has 116 valence electrons. The van der Waals surface area contributed by atoms with E-state index in [1.807, 2.05) is 0 Å². The van der Waals surface area contributed by atoms with Crippen LogP contribution in [0.25, 0.3) is 0 Å². The first-order valence-corrected chi connectivity index (χ1v) is 6.15. The number of rotatable bonds is 4. The van der Waals surface area contributed by atoms with Gasteiger partial charge in [-0.25, -0.2) is 0 Å². The zero-order valence-corrected chi connectivity index (χ0v) is 10.8. The number of aliphatic hydroxyl groups excluding tert-OH is 4. The number of non-ortho nitro benzene ring substituents is 1. The molecule has 9 heteroatoms. The fourth-order valence-corrected chi connectivity index (χ4v) is 1.97. The number of nitrogens with zero attached hydrogens (tertiary/aromatic N) is 1. The van der Waals surface area contributed by atoms with Gasteiger partial charge in [-0.15, -0.1) is 0 Å². The molecule has 0 bridgehead atoms. The summed E-state index contributed by atoms with van der Waals surface area (Å²) in [6.07, 6.45) is -7.11. The van der Waals surface area contributed by atoms with E-state index in [1.165, 1.54) is 18.2 Å². The van der Waals surface area contributed by atoms with Crippen molar-refractivity contribution < 1.29 is 34.8 Å². The summed E-state index contributed by atoms with van der Waals surface area (Å²) in [6.45, 7) is -0.584. The summed E-state index contributed by atoms with van der Waals surface area (Å²) < 4.78 is 10.4. The van der Waals surface area contributed by atoms with Crippen molar-refractivity contribution in [3.05, 3.63) is 34.4 Å². The van der Waals surface area contributed by atoms with Crippen molar-refractivity contribution in [3.8, 4) is 5.75 Å². The second-order valence-electron chi connectivity index (χ2n) is 4.57. The van der Waals surface area contributed by atoms with E-state index < -0.39 is 42.2 Å². The molecule has 0 amide bonds. The van der Waals surface area contributed by atoms with Crippen LogP contribution in [0.2, 0.25) is 0 Å². The van der Waals surface area contributed by atoms with Crippen LogP contribution in [0.15, 0.2) is 24.3 Å². The average molecular weight is 301 g/mol. The third-order valence-corrected chi connectivity index (χ3v) is 3.13. The minimum atomic E-state index is -1.57. The molecule has 5 atom stereocenters. The molecule has 0 aromatic heterocycles. The van der Waals surface area contributed by atoms with E-state index in [1.54, 1.807) is 0 Å². The summed E-state index contributed by atoms with van der Waals surface area (Å²) in [4.78, 5) is 10.1. The Labute approximate surface area is 119 Å². The summed E-state index contributed by atoms with van der Waals surface area (Å²) in [5.41, 5.74) is -0.211. The second-order valence-corrected chi connectivity index (χ2v) is 4.57. The van der Waals surface area contributed by atoms with E-state index in [0.29, 0.717) is 0 Å². The first kappa shape index (κ1) is 15.6. The second kappa shape index (κ2) is 6.33. The highest BCUT2D eigenvalue weighted by Crippen LogP contribution is 2.26. The lowest BCUT2D eigenvalue weighted by Crippen LogP contribution is -2.60. The number of aliphatic hydroxyl groups is 4. The highest BCUT2D eigenvalue weighted by Gasteiger charge is 2.44. The van der Waals surface area contributed by atoms with Crippen molar-refractivity contribution in [3.63, 3.8) is 0 Å². The minimum absolute atomic E-state index is 0.0496. The molecule has 21 heavy (non-hydrogen) atoms.